The van der Waals surface area contributed by atoms with Gasteiger partial charge in [-0.15, -0.1) is 0 Å². The van der Waals surface area contributed by atoms with Crippen molar-refractivity contribution in [2.24, 2.45) is 11.7 Å². The van der Waals surface area contributed by atoms with Crippen LogP contribution in [0.5, 0.6) is 0 Å². The van der Waals surface area contributed by atoms with Crippen LogP contribution in [-0.2, 0) is 16.8 Å². The monoisotopic (exact) mass is 249 g/mol. The number of methoxy groups -OCH3 is 1. The maximum Gasteiger partial charge on any atom is 0.160 e. The molecular formula is C14H23N3O. The molecule has 0 spiro atoms. The largest absolute Gasteiger partial charge is 0.370 e. The zero-order valence-corrected chi connectivity index (χ0v) is 11.4. The molecule has 1 aromatic heterocycles. The van der Waals surface area contributed by atoms with Crippen molar-refractivity contribution >= 4 is 0 Å². The molecule has 1 saturated carbocycles. The lowest BCUT2D eigenvalue weighted by Gasteiger charge is -2.36. The number of nitrogens with zero attached hydrogens (tertiary/aromatic N) is 2. The maximum absolute atomic E-state index is 5.76. The first-order chi connectivity index (χ1) is 8.70. The fraction of sp³-hybridized carbons (Fsp3) is 0.714. The SMILES string of the molecule is COC1(c2ncc(CCN)cn2)CCC(C)CC1. The summed E-state index contributed by atoms with van der Waals surface area (Å²) in [6, 6.07) is 0. The number of hydrogen-bond donors (Lipinski definition) is 1. The van der Waals surface area contributed by atoms with E-state index >= 15 is 0 Å². The molecule has 4 heteroatoms. The summed E-state index contributed by atoms with van der Waals surface area (Å²) in [6.07, 6.45) is 8.99. The number of aromatic nitrogens is 2. The first-order valence-electron chi connectivity index (χ1n) is 6.77. The summed E-state index contributed by atoms with van der Waals surface area (Å²) in [5.74, 6) is 1.61. The smallest absolute Gasteiger partial charge is 0.160 e. The Labute approximate surface area is 109 Å². The number of nitrogens with two attached hydrogens (primary N) is 1. The molecule has 2 rings (SSSR count). The zero-order valence-electron chi connectivity index (χ0n) is 11.4. The van der Waals surface area contributed by atoms with Gasteiger partial charge in [-0.05, 0) is 50.1 Å². The summed E-state index contributed by atoms with van der Waals surface area (Å²) in [4.78, 5) is 8.99. The standard InChI is InChI=1S/C14H23N3O/c1-11-3-6-14(18-2,7-4-11)13-16-9-12(5-8-15)10-17-13/h9-11H,3-8,15H2,1-2H3. The third-order valence-electron chi connectivity index (χ3n) is 4.02. The van der Waals surface area contributed by atoms with Gasteiger partial charge in [-0.1, -0.05) is 6.92 Å². The topological polar surface area (TPSA) is 61.0 Å². The molecule has 1 aliphatic rings. The molecule has 0 aromatic carbocycles. The van der Waals surface area contributed by atoms with Crippen LogP contribution in [0.15, 0.2) is 12.4 Å². The molecule has 0 amide bonds. The molecule has 0 unspecified atom stereocenters. The Morgan fingerprint density at radius 2 is 1.94 bits per heavy atom. The lowest BCUT2D eigenvalue weighted by Crippen LogP contribution is -2.35. The second-order valence-electron chi connectivity index (χ2n) is 5.33. The van der Waals surface area contributed by atoms with E-state index in [2.05, 4.69) is 16.9 Å². The summed E-state index contributed by atoms with van der Waals surface area (Å²) in [5, 5.41) is 0. The van der Waals surface area contributed by atoms with E-state index in [1.54, 1.807) is 7.11 Å². The Balaban J connectivity index is 2.16. The van der Waals surface area contributed by atoms with Gasteiger partial charge in [-0.2, -0.15) is 0 Å². The predicted molar refractivity (Wildman–Crippen MR) is 71.1 cm³/mol. The lowest BCUT2D eigenvalue weighted by atomic mass is 9.79. The van der Waals surface area contributed by atoms with Crippen molar-refractivity contribution in [1.82, 2.24) is 9.97 Å². The minimum absolute atomic E-state index is 0.270. The first-order valence-corrected chi connectivity index (χ1v) is 6.77. The van der Waals surface area contributed by atoms with Crippen LogP contribution in [0.2, 0.25) is 0 Å². The van der Waals surface area contributed by atoms with Crippen LogP contribution in [0.3, 0.4) is 0 Å². The van der Waals surface area contributed by atoms with E-state index in [0.29, 0.717) is 6.54 Å². The van der Waals surface area contributed by atoms with Crippen molar-refractivity contribution in [3.63, 3.8) is 0 Å². The van der Waals surface area contributed by atoms with Crippen molar-refractivity contribution in [1.29, 1.82) is 0 Å². The van der Waals surface area contributed by atoms with E-state index in [-0.39, 0.29) is 5.60 Å². The van der Waals surface area contributed by atoms with Gasteiger partial charge in [0.2, 0.25) is 0 Å². The van der Waals surface area contributed by atoms with Gasteiger partial charge in [-0.25, -0.2) is 9.97 Å². The number of rotatable bonds is 4. The lowest BCUT2D eigenvalue weighted by molar-refractivity contribution is -0.0597. The minimum atomic E-state index is -0.270. The van der Waals surface area contributed by atoms with E-state index in [4.69, 9.17) is 10.5 Å². The van der Waals surface area contributed by atoms with Crippen LogP contribution < -0.4 is 5.73 Å². The van der Waals surface area contributed by atoms with Gasteiger partial charge < -0.3 is 10.5 Å². The van der Waals surface area contributed by atoms with Crippen molar-refractivity contribution in [2.75, 3.05) is 13.7 Å². The molecular weight excluding hydrogens is 226 g/mol. The highest BCUT2D eigenvalue weighted by atomic mass is 16.5. The molecule has 18 heavy (non-hydrogen) atoms. The summed E-state index contributed by atoms with van der Waals surface area (Å²) in [5.41, 5.74) is 6.35. The Morgan fingerprint density at radius 1 is 1.33 bits per heavy atom. The van der Waals surface area contributed by atoms with Gasteiger partial charge in [0.25, 0.3) is 0 Å². The first kappa shape index (κ1) is 13.4. The molecule has 100 valence electrons. The quantitative estimate of drug-likeness (QED) is 0.887. The highest BCUT2D eigenvalue weighted by molar-refractivity contribution is 5.11. The van der Waals surface area contributed by atoms with Crippen molar-refractivity contribution in [2.45, 2.75) is 44.6 Å². The molecule has 4 nitrogen and oxygen atoms in total. The Morgan fingerprint density at radius 3 is 2.44 bits per heavy atom. The van der Waals surface area contributed by atoms with E-state index < -0.39 is 0 Å². The molecule has 1 heterocycles. The number of ether oxygens (including phenoxy) is 1. The second kappa shape index (κ2) is 5.76. The Kier molecular flexibility index (Phi) is 4.30. The minimum Gasteiger partial charge on any atom is -0.370 e. The summed E-state index contributed by atoms with van der Waals surface area (Å²) in [7, 11) is 1.77. The van der Waals surface area contributed by atoms with Crippen LogP contribution in [0.4, 0.5) is 0 Å². The van der Waals surface area contributed by atoms with Crippen LogP contribution in [-0.4, -0.2) is 23.6 Å². The molecule has 1 aliphatic carbocycles. The van der Waals surface area contributed by atoms with E-state index in [0.717, 1.165) is 36.6 Å². The average Bonchev–Trinajstić information content (AvgIpc) is 2.42. The summed E-state index contributed by atoms with van der Waals surface area (Å²) >= 11 is 0. The second-order valence-corrected chi connectivity index (χ2v) is 5.33. The molecule has 1 aromatic rings. The summed E-state index contributed by atoms with van der Waals surface area (Å²) < 4.78 is 5.76. The summed E-state index contributed by atoms with van der Waals surface area (Å²) in [6.45, 7) is 2.93. The normalized spacial score (nSPS) is 28.3. The molecule has 0 radical (unpaired) electrons. The van der Waals surface area contributed by atoms with Gasteiger partial charge in [0.05, 0.1) is 0 Å². The Bertz CT molecular complexity index is 369. The van der Waals surface area contributed by atoms with Gasteiger partial charge in [0.15, 0.2) is 5.82 Å². The van der Waals surface area contributed by atoms with Crippen LogP contribution in [0.25, 0.3) is 0 Å². The highest BCUT2D eigenvalue weighted by Gasteiger charge is 2.38. The molecule has 0 atom stereocenters. The molecule has 1 fully saturated rings. The average molecular weight is 249 g/mol. The van der Waals surface area contributed by atoms with Gasteiger partial charge in [0, 0.05) is 19.5 Å². The fourth-order valence-corrected chi connectivity index (χ4v) is 2.63. The van der Waals surface area contributed by atoms with E-state index in [1.165, 1.54) is 12.8 Å². The highest BCUT2D eigenvalue weighted by Crippen LogP contribution is 2.40. The van der Waals surface area contributed by atoms with Crippen LogP contribution in [0.1, 0.15) is 44.0 Å². The van der Waals surface area contributed by atoms with E-state index in [1.807, 2.05) is 12.4 Å². The van der Waals surface area contributed by atoms with Gasteiger partial charge in [-0.3, -0.25) is 0 Å². The third-order valence-corrected chi connectivity index (χ3v) is 4.02. The molecule has 0 bridgehead atoms. The van der Waals surface area contributed by atoms with E-state index in [9.17, 15) is 0 Å². The molecule has 0 saturated heterocycles. The third kappa shape index (κ3) is 2.70. The van der Waals surface area contributed by atoms with Crippen molar-refractivity contribution in [3.05, 3.63) is 23.8 Å². The fourth-order valence-electron chi connectivity index (χ4n) is 2.63. The van der Waals surface area contributed by atoms with Crippen LogP contribution >= 0.6 is 0 Å². The van der Waals surface area contributed by atoms with Crippen LogP contribution in [0, 0.1) is 5.92 Å². The molecule has 2 N–H and O–H groups in total. The maximum atomic E-state index is 5.76. The molecule has 0 aliphatic heterocycles. The van der Waals surface area contributed by atoms with Crippen molar-refractivity contribution in [3.8, 4) is 0 Å². The van der Waals surface area contributed by atoms with Gasteiger partial charge in [0.1, 0.15) is 5.60 Å². The zero-order chi connectivity index (χ0) is 13.0. The predicted octanol–water partition coefficient (Wildman–Crippen LogP) is 2.03. The number of hydrogen-bond acceptors (Lipinski definition) is 4. The van der Waals surface area contributed by atoms with Crippen molar-refractivity contribution < 1.29 is 4.74 Å². The Hall–Kier alpha value is -1.00. The van der Waals surface area contributed by atoms with Gasteiger partial charge >= 0.3 is 0 Å².